The maximum absolute atomic E-state index is 15.3. The highest BCUT2D eigenvalue weighted by molar-refractivity contribution is 7.22. The first-order chi connectivity index (χ1) is 29.4. The smallest absolute Gasteiger partial charge is 0.242 e. The lowest BCUT2D eigenvalue weighted by molar-refractivity contribution is -0.131. The van der Waals surface area contributed by atoms with Crippen LogP contribution in [-0.2, 0) is 39.3 Å². The van der Waals surface area contributed by atoms with Crippen LogP contribution in [0.15, 0.2) is 109 Å². The van der Waals surface area contributed by atoms with Gasteiger partial charge in [0.15, 0.2) is 0 Å². The molecule has 308 valence electrons. The van der Waals surface area contributed by atoms with Gasteiger partial charge in [-0.2, -0.15) is 5.10 Å². The van der Waals surface area contributed by atoms with E-state index in [4.69, 9.17) is 21.4 Å². The number of ether oxygens (including phenoxy) is 1. The number of carbonyl (C=O) groups excluding carboxylic acids is 4. The molecule has 10 nitrogen and oxygen atoms in total. The van der Waals surface area contributed by atoms with Crippen LogP contribution in [0.4, 0.5) is 11.5 Å². The number of allylic oxidation sites excluding steroid dienone is 2. The molecule has 2 aliphatic carbocycles. The molecule has 4 heterocycles. The lowest BCUT2D eigenvalue weighted by Gasteiger charge is -2.49. The van der Waals surface area contributed by atoms with Gasteiger partial charge in [-0.15, -0.1) is 11.3 Å². The van der Waals surface area contributed by atoms with Gasteiger partial charge in [0.05, 0.1) is 33.7 Å². The normalized spacial score (nSPS) is 24.6. The fraction of sp³-hybridized carbons (Fsp3) is 0.286. The number of aromatic hydroxyl groups is 1. The number of imide groups is 2. The van der Waals surface area contributed by atoms with Crippen molar-refractivity contribution in [1.82, 2.24) is 9.78 Å². The maximum atomic E-state index is 15.3. The summed E-state index contributed by atoms with van der Waals surface area (Å²) >= 11 is 7.92. The number of phenols is 1. The Balaban J connectivity index is 1.06. The van der Waals surface area contributed by atoms with Crippen LogP contribution in [-0.4, -0.2) is 38.5 Å². The van der Waals surface area contributed by atoms with Gasteiger partial charge >= 0.3 is 0 Å². The Hall–Kier alpha value is -6.04. The second kappa shape index (κ2) is 14.6. The van der Waals surface area contributed by atoms with E-state index >= 15 is 9.59 Å². The zero-order chi connectivity index (χ0) is 42.5. The number of benzene rings is 4. The van der Waals surface area contributed by atoms with Crippen molar-refractivity contribution in [3.63, 3.8) is 0 Å². The number of thiophene rings is 1. The Kier molecular flexibility index (Phi) is 9.34. The van der Waals surface area contributed by atoms with Gasteiger partial charge in [0.1, 0.15) is 29.6 Å². The van der Waals surface area contributed by atoms with Gasteiger partial charge in [0, 0.05) is 40.4 Å². The van der Waals surface area contributed by atoms with Crippen LogP contribution < -0.4 is 14.5 Å². The largest absolute Gasteiger partial charge is 0.508 e. The maximum Gasteiger partial charge on any atom is 0.242 e. The highest BCUT2D eigenvalue weighted by Gasteiger charge is 2.68. The molecule has 6 atom stereocenters. The Morgan fingerprint density at radius 1 is 0.885 bits per heavy atom. The van der Waals surface area contributed by atoms with E-state index in [1.807, 2.05) is 99.6 Å². The topological polar surface area (TPSA) is 122 Å². The van der Waals surface area contributed by atoms with Crippen molar-refractivity contribution in [2.45, 2.75) is 52.6 Å². The highest BCUT2D eigenvalue weighted by Crippen LogP contribution is 2.64. The van der Waals surface area contributed by atoms with E-state index < -0.39 is 46.8 Å². The summed E-state index contributed by atoms with van der Waals surface area (Å²) in [4.78, 5) is 62.7. The van der Waals surface area contributed by atoms with Gasteiger partial charge in [0.2, 0.25) is 23.6 Å². The zero-order valence-electron chi connectivity index (χ0n) is 34.1. The molecular weight excluding hydrogens is 808 g/mol. The molecule has 1 saturated carbocycles. The summed E-state index contributed by atoms with van der Waals surface area (Å²) in [6.07, 6.45) is 3.28. The molecule has 12 heteroatoms. The van der Waals surface area contributed by atoms with Gasteiger partial charge in [-0.1, -0.05) is 78.7 Å². The van der Waals surface area contributed by atoms with E-state index in [1.54, 1.807) is 47.3 Å². The Labute approximate surface area is 362 Å². The van der Waals surface area contributed by atoms with Crippen LogP contribution in [0, 0.1) is 36.0 Å². The first-order valence-corrected chi connectivity index (χ1v) is 21.9. The number of amides is 4. The summed E-state index contributed by atoms with van der Waals surface area (Å²) in [6.45, 7) is 6.15. The number of rotatable bonds is 8. The fourth-order valence-electron chi connectivity index (χ4n) is 10.5. The molecule has 4 amide bonds. The minimum atomic E-state index is -1.37. The zero-order valence-corrected chi connectivity index (χ0v) is 35.7. The fourth-order valence-corrected chi connectivity index (χ4v) is 11.8. The third-order valence-corrected chi connectivity index (χ3v) is 15.2. The predicted octanol–water partition coefficient (Wildman–Crippen LogP) is 9.55. The van der Waals surface area contributed by atoms with Gasteiger partial charge in [0.25, 0.3) is 0 Å². The monoisotopic (exact) mass is 850 g/mol. The molecular formula is C49H43ClN4O6S. The first-order valence-electron chi connectivity index (χ1n) is 20.7. The molecule has 0 bridgehead atoms. The number of aromatic nitrogens is 2. The quantitative estimate of drug-likeness (QED) is 0.120. The van der Waals surface area contributed by atoms with Crippen molar-refractivity contribution in [1.29, 1.82) is 0 Å². The number of phenolic OH excluding ortho intramolecular Hbond substituents is 1. The number of anilines is 2. The molecule has 4 aliphatic rings. The van der Waals surface area contributed by atoms with E-state index in [1.165, 1.54) is 9.80 Å². The Morgan fingerprint density at radius 2 is 1.66 bits per heavy atom. The van der Waals surface area contributed by atoms with Crippen LogP contribution in [0.5, 0.6) is 11.5 Å². The number of hydrogen-bond acceptors (Lipinski definition) is 8. The number of hydrogen-bond donors (Lipinski definition) is 1. The molecule has 61 heavy (non-hydrogen) atoms. The van der Waals surface area contributed by atoms with Crippen molar-refractivity contribution in [3.8, 4) is 22.1 Å². The summed E-state index contributed by atoms with van der Waals surface area (Å²) in [5, 5.41) is 18.4. The van der Waals surface area contributed by atoms with Crippen molar-refractivity contribution in [2.75, 3.05) is 9.80 Å². The molecule has 2 aromatic heterocycles. The molecule has 0 unspecified atom stereocenters. The Bertz CT molecular complexity index is 2850. The minimum absolute atomic E-state index is 0.0902. The van der Waals surface area contributed by atoms with Crippen molar-refractivity contribution >= 4 is 68.2 Å². The third-order valence-electron chi connectivity index (χ3n) is 13.7. The molecule has 2 aliphatic heterocycles. The molecule has 0 radical (unpaired) electrons. The van der Waals surface area contributed by atoms with Crippen molar-refractivity contribution in [2.24, 2.45) is 36.1 Å². The summed E-state index contributed by atoms with van der Waals surface area (Å²) < 4.78 is 8.69. The second-order valence-electron chi connectivity index (χ2n) is 16.9. The molecule has 1 N–H and O–H groups in total. The van der Waals surface area contributed by atoms with Crippen LogP contribution in [0.25, 0.3) is 20.7 Å². The number of fused-ring (bicyclic) bond motifs is 5. The van der Waals surface area contributed by atoms with Crippen molar-refractivity contribution < 1.29 is 29.0 Å². The number of aryl methyl sites for hydroxylation is 3. The van der Waals surface area contributed by atoms with Gasteiger partial charge in [-0.3, -0.25) is 28.8 Å². The van der Waals surface area contributed by atoms with E-state index in [0.717, 1.165) is 43.6 Å². The molecule has 3 fully saturated rings. The third kappa shape index (κ3) is 5.99. The Morgan fingerprint density at radius 3 is 2.39 bits per heavy atom. The standard InChI is InChI=1S/C49H43ClN4O6S/c1-5-27-11-14-30(15-12-27)53-45(56)34-19-18-32-36(42(34)47(53)58)23-37-46(57)54(41-24-38(51-52(41)4)44-26(2)35-21-29(50)13-20-40(35)61-44)48(59)49(37,3)43(32)33-17-16-31(22-39(33)55)60-25-28-9-7-6-8-10-28/h6-18,20-22,24,34,36-37,42-43,55H,5,19,23,25H2,1-4H3/t34-,36+,37-,42-,43+,49+/m0/s1. The minimum Gasteiger partial charge on any atom is -0.508 e. The molecule has 10 rings (SSSR count). The first kappa shape index (κ1) is 39.1. The average molecular weight is 851 g/mol. The van der Waals surface area contributed by atoms with Gasteiger partial charge in [-0.05, 0) is 97.5 Å². The number of carbonyl (C=O) groups is 4. The summed E-state index contributed by atoms with van der Waals surface area (Å²) in [6, 6.07) is 29.8. The van der Waals surface area contributed by atoms with Crippen LogP contribution in [0.2, 0.25) is 5.02 Å². The van der Waals surface area contributed by atoms with E-state index in [0.29, 0.717) is 33.5 Å². The molecule has 4 aromatic carbocycles. The van der Waals surface area contributed by atoms with Crippen LogP contribution in [0.3, 0.4) is 0 Å². The molecule has 6 aromatic rings. The average Bonchev–Trinajstić information content (AvgIpc) is 3.93. The number of nitrogens with zero attached hydrogens (tertiary/aromatic N) is 4. The van der Waals surface area contributed by atoms with E-state index in [9.17, 15) is 14.7 Å². The predicted molar refractivity (Wildman–Crippen MR) is 236 cm³/mol. The second-order valence-corrected chi connectivity index (χ2v) is 18.4. The van der Waals surface area contributed by atoms with Gasteiger partial charge in [-0.25, -0.2) is 4.90 Å². The summed E-state index contributed by atoms with van der Waals surface area (Å²) in [5.41, 5.74) is 4.05. The number of halogens is 1. The van der Waals surface area contributed by atoms with E-state index in [2.05, 4.69) is 0 Å². The summed E-state index contributed by atoms with van der Waals surface area (Å²) in [7, 11) is 1.72. The van der Waals surface area contributed by atoms with Crippen molar-refractivity contribution in [3.05, 3.63) is 136 Å². The van der Waals surface area contributed by atoms with Crippen LogP contribution >= 0.6 is 22.9 Å². The van der Waals surface area contributed by atoms with Crippen LogP contribution in [0.1, 0.15) is 54.9 Å². The SMILES string of the molecule is CCc1ccc(N2C(=O)[C@H]3[C@H](CC=C4[C@H]3C[C@H]3C(=O)N(c5cc(-c6sc7ccc(Cl)cc7c6C)nn5C)C(=O)[C@@]3(C)[C@H]4c3ccc(OCc4ccccc4)cc3O)C2=O)cc1. The molecule has 2 saturated heterocycles. The molecule has 0 spiro atoms. The highest BCUT2D eigenvalue weighted by atomic mass is 35.5. The van der Waals surface area contributed by atoms with Gasteiger partial charge < -0.3 is 9.84 Å². The lowest BCUT2D eigenvalue weighted by atomic mass is 9.51. The lowest BCUT2D eigenvalue weighted by Crippen LogP contribution is -2.49. The van der Waals surface area contributed by atoms with E-state index in [-0.39, 0.29) is 37.0 Å². The summed E-state index contributed by atoms with van der Waals surface area (Å²) in [5.74, 6) is -4.32.